The zero-order chi connectivity index (χ0) is 25.8. The first-order valence-electron chi connectivity index (χ1n) is 7.32. The van der Waals surface area contributed by atoms with Gasteiger partial charge in [-0.15, -0.1) is 0 Å². The van der Waals surface area contributed by atoms with Crippen molar-refractivity contribution in [3.8, 4) is 0 Å². The average molecular weight is 514 g/mol. The molecule has 0 saturated carbocycles. The highest BCUT2D eigenvalue weighted by Crippen LogP contribution is 2.39. The van der Waals surface area contributed by atoms with E-state index in [4.69, 9.17) is 0 Å². The summed E-state index contributed by atoms with van der Waals surface area (Å²) in [6.45, 7) is -4.39. The fourth-order valence-corrected chi connectivity index (χ4v) is 1.31. The molecule has 0 heterocycles. The topological polar surface area (TPSA) is 71.1 Å². The molecule has 0 bridgehead atoms. The minimum Gasteiger partial charge on any atom is -0.330 e. The summed E-state index contributed by atoms with van der Waals surface area (Å²) in [4.78, 5) is 27.7. The highest BCUT2D eigenvalue weighted by molar-refractivity contribution is 5.82. The molecule has 6 nitrogen and oxygen atoms in total. The Morgan fingerprint density at radius 1 is 0.500 bits per heavy atom. The first-order valence-corrected chi connectivity index (χ1v) is 7.32. The van der Waals surface area contributed by atoms with E-state index in [-0.39, 0.29) is 0 Å². The minimum absolute atomic E-state index is 2.20. The van der Waals surface area contributed by atoms with Crippen molar-refractivity contribution in [3.63, 3.8) is 0 Å². The van der Waals surface area contributed by atoms with Crippen molar-refractivity contribution in [3.05, 3.63) is 0 Å². The predicted molar refractivity (Wildman–Crippen MR) is 65.2 cm³/mol. The van der Waals surface area contributed by atoms with E-state index >= 15 is 0 Å². The molecule has 0 aliphatic carbocycles. The first-order chi connectivity index (χ1) is 14.0. The molecule has 2 unspecified atom stereocenters. The maximum Gasteiger partial charge on any atom is 0.460 e. The third-order valence-corrected chi connectivity index (χ3v) is 2.82. The Kier molecular flexibility index (Phi) is 9.14. The van der Waals surface area contributed by atoms with E-state index in [0.29, 0.717) is 0 Å². The van der Waals surface area contributed by atoms with Crippen molar-refractivity contribution in [2.75, 3.05) is 13.2 Å². The molecule has 0 amide bonds. The van der Waals surface area contributed by atoms with Crippen molar-refractivity contribution in [2.45, 2.75) is 49.3 Å². The molecule has 20 heteroatoms. The summed E-state index contributed by atoms with van der Waals surface area (Å²) in [6, 6.07) is 0. The van der Waals surface area contributed by atoms with Gasteiger partial charge >= 0.3 is 48.4 Å². The second-order valence-corrected chi connectivity index (χ2v) is 5.35. The molecule has 32 heavy (non-hydrogen) atoms. The van der Waals surface area contributed by atoms with Gasteiger partial charge in [-0.2, -0.15) is 61.5 Å². The third kappa shape index (κ3) is 8.43. The maximum atomic E-state index is 13.7. The molecule has 0 fully saturated rings. The normalized spacial score (nSPS) is 17.3. The van der Waals surface area contributed by atoms with Gasteiger partial charge in [-0.3, -0.25) is 0 Å². The van der Waals surface area contributed by atoms with Crippen LogP contribution in [0.4, 0.5) is 61.5 Å². The maximum absolute atomic E-state index is 13.7. The van der Waals surface area contributed by atoms with E-state index in [1.54, 1.807) is 0 Å². The van der Waals surface area contributed by atoms with Gasteiger partial charge in [-0.1, -0.05) is 0 Å². The molecule has 0 N–H and O–H groups in total. The van der Waals surface area contributed by atoms with Crippen LogP contribution in [0.25, 0.3) is 0 Å². The molecule has 0 saturated heterocycles. The second kappa shape index (κ2) is 9.79. The Hall–Kier alpha value is -2.12. The highest BCUT2D eigenvalue weighted by atomic mass is 19.4. The van der Waals surface area contributed by atoms with Crippen molar-refractivity contribution >= 4 is 11.9 Å². The summed E-state index contributed by atoms with van der Waals surface area (Å²) in [6.07, 6.45) is -28.1. The molecule has 0 aliphatic rings. The number of hydrogen-bond acceptors (Lipinski definition) is 6. The van der Waals surface area contributed by atoms with Crippen LogP contribution in [0, 0.1) is 0 Å². The lowest BCUT2D eigenvalue weighted by atomic mass is 10.3. The van der Waals surface area contributed by atoms with Crippen molar-refractivity contribution in [2.24, 2.45) is 0 Å². The van der Waals surface area contributed by atoms with Crippen LogP contribution >= 0.6 is 0 Å². The number of carbonyl (C=O) groups excluding carboxylic acids is 2. The number of alkyl halides is 14. The summed E-state index contributed by atoms with van der Waals surface area (Å²) in [5, 5.41) is 0. The molecule has 0 radical (unpaired) electrons. The van der Waals surface area contributed by atoms with E-state index < -0.39 is 74.4 Å². The van der Waals surface area contributed by atoms with Gasteiger partial charge in [0.2, 0.25) is 0 Å². The summed E-state index contributed by atoms with van der Waals surface area (Å²) in [7, 11) is 0. The third-order valence-electron chi connectivity index (χ3n) is 2.82. The number of halogens is 14. The van der Waals surface area contributed by atoms with Crippen LogP contribution < -0.4 is 0 Å². The van der Waals surface area contributed by atoms with Gasteiger partial charge in [0.25, 0.3) is 0 Å². The molecule has 0 aromatic carbocycles. The number of hydrogen-bond donors (Lipinski definition) is 0. The second-order valence-electron chi connectivity index (χ2n) is 5.35. The van der Waals surface area contributed by atoms with Crippen LogP contribution in [0.1, 0.15) is 12.8 Å². The summed E-state index contributed by atoms with van der Waals surface area (Å²) in [5.41, 5.74) is 0. The van der Waals surface area contributed by atoms with Gasteiger partial charge in [0.15, 0.2) is 0 Å². The van der Waals surface area contributed by atoms with Crippen LogP contribution in [0.3, 0.4) is 0 Å². The number of rotatable bonds is 8. The van der Waals surface area contributed by atoms with E-state index in [9.17, 15) is 71.1 Å². The fourth-order valence-electron chi connectivity index (χ4n) is 1.31. The number of ether oxygens (including phenoxy) is 2. The smallest absolute Gasteiger partial charge is 0.330 e. The zero-order valence-electron chi connectivity index (χ0n) is 14.6. The van der Waals surface area contributed by atoms with Crippen molar-refractivity contribution in [1.82, 2.24) is 0 Å². The largest absolute Gasteiger partial charge is 0.460 e. The molecule has 0 aromatic heterocycles. The molecular formula is C12H8F14O6. The average Bonchev–Trinajstić information content (AvgIpc) is 2.54. The predicted octanol–water partition coefficient (Wildman–Crippen LogP) is 4.38. The van der Waals surface area contributed by atoms with E-state index in [1.165, 1.54) is 0 Å². The lowest BCUT2D eigenvalue weighted by molar-refractivity contribution is -0.368. The lowest BCUT2D eigenvalue weighted by Crippen LogP contribution is -2.54. The van der Waals surface area contributed by atoms with Gasteiger partial charge < -0.3 is 9.47 Å². The molecule has 0 aliphatic heterocycles. The summed E-state index contributed by atoms with van der Waals surface area (Å²) in [5.74, 6) is -18.9. The summed E-state index contributed by atoms with van der Waals surface area (Å²) < 4.78 is 181. The van der Waals surface area contributed by atoms with Crippen LogP contribution in [-0.4, -0.2) is 61.6 Å². The Bertz CT molecular complexity index is 597. The molecule has 0 rings (SSSR count). The van der Waals surface area contributed by atoms with Gasteiger partial charge in [0.05, 0.1) is 26.1 Å². The standard InChI is InChI=1S/C12H8F14O6/c13-7(14,15)1-3-29-9(19,11(21,22)23)5(27)31-32-6(28)10(20,12(24,25)26)30-4-2-8(16,17)18/h1-4H2. The molecule has 0 aromatic rings. The Morgan fingerprint density at radius 2 is 0.750 bits per heavy atom. The fraction of sp³-hybridized carbons (Fsp3) is 0.833. The van der Waals surface area contributed by atoms with E-state index in [2.05, 4.69) is 19.2 Å². The van der Waals surface area contributed by atoms with Gasteiger partial charge in [0.1, 0.15) is 0 Å². The van der Waals surface area contributed by atoms with Gasteiger partial charge in [0, 0.05) is 0 Å². The van der Waals surface area contributed by atoms with Crippen LogP contribution in [0.5, 0.6) is 0 Å². The van der Waals surface area contributed by atoms with E-state index in [1.807, 2.05) is 0 Å². The highest BCUT2D eigenvalue weighted by Gasteiger charge is 2.69. The number of carbonyl (C=O) groups is 2. The zero-order valence-corrected chi connectivity index (χ0v) is 14.6. The monoisotopic (exact) mass is 514 g/mol. The first kappa shape index (κ1) is 29.9. The molecule has 2 atom stereocenters. The van der Waals surface area contributed by atoms with Crippen molar-refractivity contribution in [1.29, 1.82) is 0 Å². The molecule has 190 valence electrons. The lowest BCUT2D eigenvalue weighted by Gasteiger charge is -2.27. The quantitative estimate of drug-likeness (QED) is 0.272. The Labute approximate surface area is 166 Å². The Morgan fingerprint density at radius 3 is 0.938 bits per heavy atom. The Balaban J connectivity index is 5.40. The van der Waals surface area contributed by atoms with Crippen LogP contribution in [0.2, 0.25) is 0 Å². The SMILES string of the molecule is O=C(OOC(=O)C(F)(OCCC(F)(F)F)C(F)(F)F)C(F)(OCCC(F)(F)F)C(F)(F)F. The van der Waals surface area contributed by atoms with E-state index in [0.717, 1.165) is 0 Å². The van der Waals surface area contributed by atoms with Crippen LogP contribution in [-0.2, 0) is 28.8 Å². The summed E-state index contributed by atoms with van der Waals surface area (Å²) >= 11 is 0. The minimum atomic E-state index is -6.55. The van der Waals surface area contributed by atoms with Gasteiger partial charge in [-0.25, -0.2) is 19.4 Å². The molecule has 0 spiro atoms. The van der Waals surface area contributed by atoms with Crippen molar-refractivity contribution < 1.29 is 90.3 Å². The van der Waals surface area contributed by atoms with Crippen LogP contribution in [0.15, 0.2) is 0 Å². The molecular weight excluding hydrogens is 506 g/mol. The van der Waals surface area contributed by atoms with Gasteiger partial charge in [-0.05, 0) is 0 Å².